The molecule has 5 atom stereocenters. The van der Waals surface area contributed by atoms with Crippen LogP contribution in [0.3, 0.4) is 0 Å². The summed E-state index contributed by atoms with van der Waals surface area (Å²) in [6.45, 7) is 22.6. The first kappa shape index (κ1) is 31.0. The zero-order valence-electron chi connectivity index (χ0n) is 23.9. The van der Waals surface area contributed by atoms with Crippen molar-refractivity contribution in [3.8, 4) is 0 Å². The molecule has 0 aliphatic carbocycles. The molecule has 0 saturated carbocycles. The Balaban J connectivity index is 2.33. The highest BCUT2D eigenvalue weighted by atomic mass is 28.4. The molecule has 0 radical (unpaired) electrons. The van der Waals surface area contributed by atoms with Crippen LogP contribution in [-0.2, 0) is 23.1 Å². The van der Waals surface area contributed by atoms with E-state index in [1.807, 2.05) is 20.8 Å². The van der Waals surface area contributed by atoms with E-state index in [-0.39, 0.29) is 36.1 Å². The van der Waals surface area contributed by atoms with Crippen LogP contribution in [0.25, 0.3) is 0 Å². The minimum absolute atomic E-state index is 0.0785. The van der Waals surface area contributed by atoms with Gasteiger partial charge in [-0.15, -0.1) is 0 Å². The Kier molecular flexibility index (Phi) is 13.1. The maximum absolute atomic E-state index is 12.8. The number of carbonyl (C=O) groups excluding carboxylic acids is 1. The summed E-state index contributed by atoms with van der Waals surface area (Å²) >= 11 is 0. The van der Waals surface area contributed by atoms with E-state index in [2.05, 4.69) is 39.6 Å². The highest BCUT2D eigenvalue weighted by Crippen LogP contribution is 2.35. The molecule has 0 aromatic carbocycles. The van der Waals surface area contributed by atoms with Crippen LogP contribution in [-0.4, -0.2) is 46.1 Å². The SMILES string of the molecule is C=C1C[C@@H](CCC)OC(=O)[C@@H](C)CCCC[C@@H]2O[C@@H](C/C=C(\[Si](C)(OCC)OCC)[C@H](C)C1)CC2=C. The van der Waals surface area contributed by atoms with Crippen LogP contribution in [0.2, 0.25) is 6.55 Å². The van der Waals surface area contributed by atoms with Gasteiger partial charge in [-0.3, -0.25) is 4.79 Å². The summed E-state index contributed by atoms with van der Waals surface area (Å²) in [6, 6.07) is 0. The fraction of sp³-hybridized carbons (Fsp3) is 0.767. The Morgan fingerprint density at radius 3 is 2.31 bits per heavy atom. The van der Waals surface area contributed by atoms with Crippen molar-refractivity contribution in [2.45, 2.75) is 124 Å². The monoisotopic (exact) mass is 520 g/mol. The Labute approximate surface area is 221 Å². The van der Waals surface area contributed by atoms with E-state index in [0.717, 1.165) is 63.4 Å². The Bertz CT molecular complexity index is 754. The molecule has 2 heterocycles. The van der Waals surface area contributed by atoms with Gasteiger partial charge in [0.1, 0.15) is 6.10 Å². The molecular formula is C30H52O5Si. The molecule has 6 heteroatoms. The molecule has 2 bridgehead atoms. The summed E-state index contributed by atoms with van der Waals surface area (Å²) in [5.41, 5.74) is 2.31. The van der Waals surface area contributed by atoms with Crippen molar-refractivity contribution in [3.05, 3.63) is 35.6 Å². The van der Waals surface area contributed by atoms with E-state index in [9.17, 15) is 4.79 Å². The van der Waals surface area contributed by atoms with Crippen molar-refractivity contribution in [1.82, 2.24) is 0 Å². The quantitative estimate of drug-likeness (QED) is 0.197. The van der Waals surface area contributed by atoms with Gasteiger partial charge in [0.05, 0.1) is 18.1 Å². The summed E-state index contributed by atoms with van der Waals surface area (Å²) in [7, 11) is -2.56. The highest BCUT2D eigenvalue weighted by Gasteiger charge is 2.39. The molecule has 0 unspecified atom stereocenters. The number of esters is 1. The van der Waals surface area contributed by atoms with Gasteiger partial charge in [0.25, 0.3) is 0 Å². The first-order valence-corrected chi connectivity index (χ1v) is 16.6. The number of hydrogen-bond donors (Lipinski definition) is 0. The van der Waals surface area contributed by atoms with Gasteiger partial charge in [-0.1, -0.05) is 64.8 Å². The first-order chi connectivity index (χ1) is 17.1. The number of fused-ring (bicyclic) bond motifs is 2. The van der Waals surface area contributed by atoms with Crippen LogP contribution in [0.5, 0.6) is 0 Å². The third kappa shape index (κ3) is 9.27. The smallest absolute Gasteiger partial charge is 0.365 e. The number of hydrogen-bond acceptors (Lipinski definition) is 5. The topological polar surface area (TPSA) is 54.0 Å². The first-order valence-electron chi connectivity index (χ1n) is 14.3. The van der Waals surface area contributed by atoms with Crippen molar-refractivity contribution in [1.29, 1.82) is 0 Å². The van der Waals surface area contributed by atoms with Gasteiger partial charge < -0.3 is 18.3 Å². The second-order valence-corrected chi connectivity index (χ2v) is 14.0. The minimum Gasteiger partial charge on any atom is -0.462 e. The van der Waals surface area contributed by atoms with Crippen molar-refractivity contribution in [2.24, 2.45) is 11.8 Å². The molecule has 36 heavy (non-hydrogen) atoms. The standard InChI is InChI=1S/C30H52O5Si/c1-9-14-26-20-22(4)19-25(7)29(36(8,32-10-2)33-11-3)18-17-27-21-24(6)28(34-27)16-13-12-15-23(5)30(31)35-26/h18,23,25-28H,4,6,9-17,19-21H2,1-3,5,7-8H3/b29-18-/t23-,25+,26+,27-,28-/m0/s1. The zero-order valence-corrected chi connectivity index (χ0v) is 24.9. The van der Waals surface area contributed by atoms with Gasteiger partial charge >= 0.3 is 14.5 Å². The molecule has 0 N–H and O–H groups in total. The number of rotatable bonds is 7. The molecule has 1 fully saturated rings. The lowest BCUT2D eigenvalue weighted by Crippen LogP contribution is -2.44. The predicted molar refractivity (Wildman–Crippen MR) is 150 cm³/mol. The van der Waals surface area contributed by atoms with Gasteiger partial charge in [-0.2, -0.15) is 0 Å². The highest BCUT2D eigenvalue weighted by molar-refractivity contribution is 6.73. The molecule has 0 aromatic rings. The lowest BCUT2D eigenvalue weighted by Gasteiger charge is -2.33. The Morgan fingerprint density at radius 1 is 1.00 bits per heavy atom. The maximum Gasteiger partial charge on any atom is 0.365 e. The lowest BCUT2D eigenvalue weighted by atomic mass is 9.95. The van der Waals surface area contributed by atoms with Crippen molar-refractivity contribution < 1.29 is 23.1 Å². The Morgan fingerprint density at radius 2 is 1.67 bits per heavy atom. The van der Waals surface area contributed by atoms with Gasteiger partial charge in [-0.25, -0.2) is 0 Å². The number of allylic oxidation sites excluding steroid dienone is 1. The van der Waals surface area contributed by atoms with Crippen molar-refractivity contribution in [3.63, 3.8) is 0 Å². The molecule has 0 amide bonds. The molecule has 206 valence electrons. The average molecular weight is 521 g/mol. The van der Waals surface area contributed by atoms with Crippen LogP contribution < -0.4 is 0 Å². The fourth-order valence-electron chi connectivity index (χ4n) is 5.71. The number of carbonyl (C=O) groups is 1. The van der Waals surface area contributed by atoms with Crippen molar-refractivity contribution >= 4 is 14.5 Å². The van der Waals surface area contributed by atoms with Crippen LogP contribution in [0.4, 0.5) is 0 Å². The number of cyclic esters (lactones) is 1. The minimum atomic E-state index is -2.56. The number of ether oxygens (including phenoxy) is 2. The van der Waals surface area contributed by atoms with Crippen LogP contribution >= 0.6 is 0 Å². The average Bonchev–Trinajstić information content (AvgIpc) is 3.15. The third-order valence-electron chi connectivity index (χ3n) is 7.56. The molecule has 2 aliphatic heterocycles. The molecule has 2 rings (SSSR count). The van der Waals surface area contributed by atoms with Crippen molar-refractivity contribution in [2.75, 3.05) is 13.2 Å². The second-order valence-electron chi connectivity index (χ2n) is 10.9. The Hall–Kier alpha value is -1.21. The molecule has 2 aliphatic rings. The molecule has 1 saturated heterocycles. The fourth-order valence-corrected chi connectivity index (χ4v) is 8.72. The second kappa shape index (κ2) is 15.3. The zero-order chi connectivity index (χ0) is 26.7. The van der Waals surface area contributed by atoms with Gasteiger partial charge in [0.15, 0.2) is 0 Å². The summed E-state index contributed by atoms with van der Waals surface area (Å²) < 4.78 is 25.1. The van der Waals surface area contributed by atoms with E-state index in [1.54, 1.807) is 0 Å². The van der Waals surface area contributed by atoms with E-state index in [4.69, 9.17) is 18.3 Å². The van der Waals surface area contributed by atoms with Crippen LogP contribution in [0.15, 0.2) is 35.6 Å². The van der Waals surface area contributed by atoms with E-state index in [0.29, 0.717) is 19.6 Å². The molecule has 0 aromatic heterocycles. The van der Waals surface area contributed by atoms with E-state index < -0.39 is 8.56 Å². The van der Waals surface area contributed by atoms with Gasteiger partial charge in [0, 0.05) is 19.6 Å². The van der Waals surface area contributed by atoms with Gasteiger partial charge in [0.2, 0.25) is 0 Å². The maximum atomic E-state index is 12.8. The third-order valence-corrected chi connectivity index (χ3v) is 11.0. The van der Waals surface area contributed by atoms with Gasteiger partial charge in [-0.05, 0) is 75.6 Å². The van der Waals surface area contributed by atoms with Crippen LogP contribution in [0, 0.1) is 11.8 Å². The van der Waals surface area contributed by atoms with E-state index >= 15 is 0 Å². The predicted octanol–water partition coefficient (Wildman–Crippen LogP) is 7.60. The molecule has 0 spiro atoms. The van der Waals surface area contributed by atoms with E-state index in [1.165, 1.54) is 10.8 Å². The lowest BCUT2D eigenvalue weighted by molar-refractivity contribution is -0.154. The summed E-state index contributed by atoms with van der Waals surface area (Å²) in [4.78, 5) is 12.8. The normalized spacial score (nSPS) is 31.3. The summed E-state index contributed by atoms with van der Waals surface area (Å²) in [5.74, 6) is 0.0585. The summed E-state index contributed by atoms with van der Waals surface area (Å²) in [6.07, 6.45) is 11.4. The van der Waals surface area contributed by atoms with Crippen LogP contribution in [0.1, 0.15) is 98.8 Å². The molecular weight excluding hydrogens is 468 g/mol. The largest absolute Gasteiger partial charge is 0.462 e. The summed E-state index contributed by atoms with van der Waals surface area (Å²) in [5, 5.41) is 1.27. The molecule has 5 nitrogen and oxygen atoms in total.